The highest BCUT2D eigenvalue weighted by Crippen LogP contribution is 2.36. The molecule has 2 atom stereocenters. The Labute approximate surface area is 187 Å². The van der Waals surface area contributed by atoms with Gasteiger partial charge in [0.1, 0.15) is 5.76 Å². The van der Waals surface area contributed by atoms with Gasteiger partial charge in [-0.2, -0.15) is 0 Å². The summed E-state index contributed by atoms with van der Waals surface area (Å²) in [6.45, 7) is 2.82. The number of aryl methyl sites for hydroxylation is 1. The molecule has 5 rings (SSSR count). The van der Waals surface area contributed by atoms with E-state index in [0.717, 1.165) is 47.4 Å². The van der Waals surface area contributed by atoms with E-state index in [4.69, 9.17) is 4.42 Å². The number of carbonyl (C=O) groups excluding carboxylic acids is 1. The average molecular weight is 437 g/mol. The third-order valence-corrected chi connectivity index (χ3v) is 7.55. The van der Waals surface area contributed by atoms with Crippen LogP contribution < -0.4 is 0 Å². The van der Waals surface area contributed by atoms with Crippen molar-refractivity contribution in [3.05, 3.63) is 48.4 Å². The fraction of sp³-hybridized carbons (Fsp3) is 0.458. The van der Waals surface area contributed by atoms with E-state index in [1.165, 1.54) is 37.4 Å². The molecule has 7 heteroatoms. The number of para-hydroxylation sites is 1. The summed E-state index contributed by atoms with van der Waals surface area (Å²) in [5.74, 6) is 2.84. The van der Waals surface area contributed by atoms with Gasteiger partial charge < -0.3 is 9.32 Å². The van der Waals surface area contributed by atoms with E-state index in [-0.39, 0.29) is 5.91 Å². The molecule has 1 aromatic carbocycles. The van der Waals surface area contributed by atoms with Gasteiger partial charge in [0.25, 0.3) is 0 Å². The van der Waals surface area contributed by atoms with E-state index in [1.807, 2.05) is 47.9 Å². The number of rotatable bonds is 5. The maximum atomic E-state index is 13.2. The number of amides is 1. The van der Waals surface area contributed by atoms with Gasteiger partial charge in [0.05, 0.1) is 17.6 Å². The van der Waals surface area contributed by atoms with Crippen molar-refractivity contribution in [2.75, 3.05) is 12.3 Å². The number of piperidine rings is 1. The van der Waals surface area contributed by atoms with Gasteiger partial charge in [0, 0.05) is 18.3 Å². The number of hydrogen-bond donors (Lipinski definition) is 0. The number of benzene rings is 1. The molecule has 2 aliphatic rings. The summed E-state index contributed by atoms with van der Waals surface area (Å²) < 4.78 is 7.52. The maximum absolute atomic E-state index is 13.2. The fourth-order valence-corrected chi connectivity index (χ4v) is 5.95. The molecule has 6 nitrogen and oxygen atoms in total. The van der Waals surface area contributed by atoms with Crippen LogP contribution >= 0.6 is 11.8 Å². The number of furan rings is 1. The van der Waals surface area contributed by atoms with Crippen LogP contribution in [0.25, 0.3) is 17.1 Å². The molecule has 2 aromatic heterocycles. The quantitative estimate of drug-likeness (QED) is 0.520. The predicted molar refractivity (Wildman–Crippen MR) is 121 cm³/mol. The zero-order chi connectivity index (χ0) is 21.2. The fourth-order valence-electron chi connectivity index (χ4n) is 5.11. The molecule has 1 saturated carbocycles. The zero-order valence-electron chi connectivity index (χ0n) is 17.9. The van der Waals surface area contributed by atoms with Gasteiger partial charge in [-0.3, -0.25) is 9.36 Å². The summed E-state index contributed by atoms with van der Waals surface area (Å²) in [6.07, 6.45) is 9.06. The molecule has 0 N–H and O–H groups in total. The average Bonchev–Trinajstić information content (AvgIpc) is 3.43. The second-order valence-electron chi connectivity index (χ2n) is 8.50. The highest BCUT2D eigenvalue weighted by atomic mass is 32.2. The van der Waals surface area contributed by atoms with Crippen molar-refractivity contribution in [3.8, 4) is 17.1 Å². The predicted octanol–water partition coefficient (Wildman–Crippen LogP) is 5.11. The molecule has 2 unspecified atom stereocenters. The number of carbonyl (C=O) groups is 1. The molecular formula is C24H28N4O2S. The van der Waals surface area contributed by atoms with Crippen molar-refractivity contribution >= 4 is 17.7 Å². The lowest BCUT2D eigenvalue weighted by molar-refractivity contribution is -0.134. The Kier molecular flexibility index (Phi) is 5.85. The SMILES string of the molecule is Cc1occc1-c1nnc(SCC(=O)N2CCCC3CCCCC32)n1-c1ccccc1. The number of hydrogen-bond acceptors (Lipinski definition) is 5. The van der Waals surface area contributed by atoms with Crippen LogP contribution in [0.15, 0.2) is 52.2 Å². The van der Waals surface area contributed by atoms with E-state index < -0.39 is 0 Å². The van der Waals surface area contributed by atoms with Crippen LogP contribution in [0, 0.1) is 12.8 Å². The Morgan fingerprint density at radius 3 is 2.71 bits per heavy atom. The van der Waals surface area contributed by atoms with Crippen molar-refractivity contribution < 1.29 is 9.21 Å². The molecule has 31 heavy (non-hydrogen) atoms. The Bertz CT molecular complexity index is 1040. The molecule has 162 valence electrons. The highest BCUT2D eigenvalue weighted by Gasteiger charge is 2.35. The van der Waals surface area contributed by atoms with Gasteiger partial charge in [0.2, 0.25) is 5.91 Å². The van der Waals surface area contributed by atoms with Crippen molar-refractivity contribution in [3.63, 3.8) is 0 Å². The summed E-state index contributed by atoms with van der Waals surface area (Å²) >= 11 is 1.47. The summed E-state index contributed by atoms with van der Waals surface area (Å²) in [7, 11) is 0. The first-order valence-corrected chi connectivity index (χ1v) is 12.2. The summed E-state index contributed by atoms with van der Waals surface area (Å²) in [5, 5.41) is 9.64. The first kappa shape index (κ1) is 20.4. The third-order valence-electron chi connectivity index (χ3n) is 6.64. The van der Waals surface area contributed by atoms with Crippen LogP contribution in [-0.4, -0.2) is 43.9 Å². The molecule has 0 radical (unpaired) electrons. The first-order chi connectivity index (χ1) is 15.2. The minimum atomic E-state index is 0.227. The maximum Gasteiger partial charge on any atom is 0.233 e. The molecule has 1 aliphatic heterocycles. The summed E-state index contributed by atoms with van der Waals surface area (Å²) in [5.41, 5.74) is 1.89. The van der Waals surface area contributed by atoms with Crippen molar-refractivity contribution in [1.29, 1.82) is 0 Å². The van der Waals surface area contributed by atoms with Crippen molar-refractivity contribution in [2.45, 2.75) is 56.6 Å². The van der Waals surface area contributed by atoms with Gasteiger partial charge in [-0.05, 0) is 56.7 Å². The lowest BCUT2D eigenvalue weighted by atomic mass is 9.78. The molecular weight excluding hydrogens is 408 g/mol. The van der Waals surface area contributed by atoms with Gasteiger partial charge in [-0.1, -0.05) is 42.8 Å². The number of fused-ring (bicyclic) bond motifs is 1. The van der Waals surface area contributed by atoms with E-state index in [1.54, 1.807) is 6.26 Å². The van der Waals surface area contributed by atoms with E-state index in [2.05, 4.69) is 15.1 Å². The summed E-state index contributed by atoms with van der Waals surface area (Å²) in [6, 6.07) is 12.4. The van der Waals surface area contributed by atoms with E-state index in [9.17, 15) is 4.79 Å². The molecule has 1 amide bonds. The van der Waals surface area contributed by atoms with Crippen LogP contribution in [0.1, 0.15) is 44.3 Å². The topological polar surface area (TPSA) is 64.2 Å². The van der Waals surface area contributed by atoms with Gasteiger partial charge >= 0.3 is 0 Å². The van der Waals surface area contributed by atoms with Crippen molar-refractivity contribution in [1.82, 2.24) is 19.7 Å². The number of aromatic nitrogens is 3. The second kappa shape index (κ2) is 8.91. The molecule has 3 heterocycles. The lowest BCUT2D eigenvalue weighted by Crippen LogP contribution is -2.50. The molecule has 3 aromatic rings. The normalized spacial score (nSPS) is 21.1. The van der Waals surface area contributed by atoms with Crippen LogP contribution in [0.4, 0.5) is 0 Å². The lowest BCUT2D eigenvalue weighted by Gasteiger charge is -2.44. The second-order valence-corrected chi connectivity index (χ2v) is 9.44. The number of likely N-dealkylation sites (tertiary alicyclic amines) is 1. The number of thioether (sulfide) groups is 1. The zero-order valence-corrected chi connectivity index (χ0v) is 18.7. The molecule has 1 aliphatic carbocycles. The van der Waals surface area contributed by atoms with Crippen LogP contribution in [0.2, 0.25) is 0 Å². The molecule has 0 spiro atoms. The first-order valence-electron chi connectivity index (χ1n) is 11.2. The van der Waals surface area contributed by atoms with Gasteiger partial charge in [-0.25, -0.2) is 0 Å². The minimum Gasteiger partial charge on any atom is -0.469 e. The Balaban J connectivity index is 1.39. The smallest absolute Gasteiger partial charge is 0.233 e. The monoisotopic (exact) mass is 436 g/mol. The Morgan fingerprint density at radius 1 is 1.10 bits per heavy atom. The Hall–Kier alpha value is -2.54. The summed E-state index contributed by atoms with van der Waals surface area (Å²) in [4.78, 5) is 15.4. The minimum absolute atomic E-state index is 0.227. The highest BCUT2D eigenvalue weighted by molar-refractivity contribution is 7.99. The van der Waals surface area contributed by atoms with E-state index in [0.29, 0.717) is 17.7 Å². The molecule has 2 fully saturated rings. The van der Waals surface area contributed by atoms with Gasteiger partial charge in [-0.15, -0.1) is 10.2 Å². The van der Waals surface area contributed by atoms with Gasteiger partial charge in [0.15, 0.2) is 11.0 Å². The molecule has 1 saturated heterocycles. The van der Waals surface area contributed by atoms with Crippen LogP contribution in [0.5, 0.6) is 0 Å². The Morgan fingerprint density at radius 2 is 1.90 bits per heavy atom. The van der Waals surface area contributed by atoms with Crippen LogP contribution in [0.3, 0.4) is 0 Å². The third kappa shape index (κ3) is 4.03. The molecule has 0 bridgehead atoms. The number of nitrogens with zero attached hydrogens (tertiary/aromatic N) is 4. The largest absolute Gasteiger partial charge is 0.469 e. The van der Waals surface area contributed by atoms with Crippen molar-refractivity contribution in [2.24, 2.45) is 5.92 Å². The van der Waals surface area contributed by atoms with E-state index >= 15 is 0 Å². The standard InChI is InChI=1S/C24H28N4O2S/c1-17-20(13-15-30-17)23-25-26-24(28(23)19-10-3-2-4-11-19)31-16-22(29)27-14-7-9-18-8-5-6-12-21(18)27/h2-4,10-11,13,15,18,21H,5-9,12,14,16H2,1H3. The van der Waals surface area contributed by atoms with Crippen LogP contribution in [-0.2, 0) is 4.79 Å².